The number of carbonyl (C=O) groups excluding carboxylic acids is 2. The van der Waals surface area contributed by atoms with Crippen LogP contribution in [0.25, 0.3) is 0 Å². The Kier molecular flexibility index (Phi) is 10.3. The van der Waals surface area contributed by atoms with Crippen molar-refractivity contribution >= 4 is 11.8 Å². The number of hydrogen-bond donors (Lipinski definition) is 2. The number of carbonyl (C=O) groups is 2. The second-order valence-corrected chi connectivity index (χ2v) is 7.06. The molecular weight excluding hydrogens is 350 g/mol. The van der Waals surface area contributed by atoms with Crippen molar-refractivity contribution < 1.29 is 18.4 Å². The van der Waals surface area contributed by atoms with Crippen LogP contribution >= 0.6 is 0 Å². The summed E-state index contributed by atoms with van der Waals surface area (Å²) in [6, 6.07) is 2.24. The molecule has 0 fully saturated rings. The number of hydrogen-bond acceptors (Lipinski definition) is 2. The van der Waals surface area contributed by atoms with Crippen molar-refractivity contribution in [2.24, 2.45) is 5.92 Å². The number of halogens is 2. The molecule has 0 aliphatic rings. The Morgan fingerprint density at radius 1 is 1.11 bits per heavy atom. The van der Waals surface area contributed by atoms with E-state index in [1.54, 1.807) is 12.2 Å². The third-order valence-electron chi connectivity index (χ3n) is 4.08. The zero-order chi connectivity index (χ0) is 20.2. The van der Waals surface area contributed by atoms with Crippen molar-refractivity contribution in [1.82, 2.24) is 10.6 Å². The smallest absolute Gasteiger partial charge is 0.243 e. The molecule has 0 saturated carbocycles. The first-order valence-corrected chi connectivity index (χ1v) is 9.45. The number of nitrogens with one attached hydrogen (secondary N) is 2. The highest BCUT2D eigenvalue weighted by Crippen LogP contribution is 2.11. The largest absolute Gasteiger partial charge is 0.351 e. The van der Waals surface area contributed by atoms with Crippen molar-refractivity contribution in [2.45, 2.75) is 58.9 Å². The van der Waals surface area contributed by atoms with Gasteiger partial charge in [-0.05, 0) is 37.0 Å². The minimum atomic E-state index is -0.881. The standard InChI is InChI=1S/C21H30F2N2O2/c1-4-5-10-24-21(27)19(13-16-11-17(22)14-18(23)12-16)25-20(26)9-7-6-8-15(2)3/h4-5,11-12,14-15,19H,6-10,13H2,1-3H3,(H,24,27)(H,25,26)/b5-4+/t19-/m0/s1. The summed E-state index contributed by atoms with van der Waals surface area (Å²) in [5.41, 5.74) is 0.318. The maximum Gasteiger partial charge on any atom is 0.243 e. The van der Waals surface area contributed by atoms with E-state index in [0.717, 1.165) is 25.3 Å². The molecule has 1 rings (SSSR count). The lowest BCUT2D eigenvalue weighted by atomic mass is 10.0. The summed E-state index contributed by atoms with van der Waals surface area (Å²) in [5, 5.41) is 5.39. The van der Waals surface area contributed by atoms with E-state index in [2.05, 4.69) is 24.5 Å². The Balaban J connectivity index is 2.72. The summed E-state index contributed by atoms with van der Waals surface area (Å²) < 4.78 is 26.8. The lowest BCUT2D eigenvalue weighted by Gasteiger charge is -2.18. The molecule has 2 N–H and O–H groups in total. The minimum absolute atomic E-state index is 0.0219. The lowest BCUT2D eigenvalue weighted by Crippen LogP contribution is -2.48. The lowest BCUT2D eigenvalue weighted by molar-refractivity contribution is -0.128. The van der Waals surface area contributed by atoms with Gasteiger partial charge in [0.05, 0.1) is 0 Å². The number of unbranched alkanes of at least 4 members (excludes halogenated alkanes) is 1. The van der Waals surface area contributed by atoms with E-state index in [1.165, 1.54) is 12.1 Å². The Morgan fingerprint density at radius 3 is 2.37 bits per heavy atom. The van der Waals surface area contributed by atoms with Crippen LogP contribution in [-0.4, -0.2) is 24.4 Å². The fourth-order valence-corrected chi connectivity index (χ4v) is 2.68. The van der Waals surface area contributed by atoms with Gasteiger partial charge in [-0.1, -0.05) is 38.8 Å². The van der Waals surface area contributed by atoms with E-state index in [1.807, 2.05) is 6.92 Å². The van der Waals surface area contributed by atoms with E-state index in [4.69, 9.17) is 0 Å². The average molecular weight is 380 g/mol. The van der Waals surface area contributed by atoms with Gasteiger partial charge >= 0.3 is 0 Å². The maximum absolute atomic E-state index is 13.4. The van der Waals surface area contributed by atoms with Crippen molar-refractivity contribution in [3.63, 3.8) is 0 Å². The van der Waals surface area contributed by atoms with E-state index in [0.29, 0.717) is 24.4 Å². The average Bonchev–Trinajstić information content (AvgIpc) is 2.57. The molecule has 0 unspecified atom stereocenters. The van der Waals surface area contributed by atoms with Gasteiger partial charge in [0.2, 0.25) is 11.8 Å². The fraction of sp³-hybridized carbons (Fsp3) is 0.524. The molecule has 0 heterocycles. The van der Waals surface area contributed by atoms with Crippen LogP contribution < -0.4 is 10.6 Å². The molecule has 0 bridgehead atoms. The molecule has 6 heteroatoms. The monoisotopic (exact) mass is 380 g/mol. The zero-order valence-corrected chi connectivity index (χ0v) is 16.4. The Hall–Kier alpha value is -2.24. The van der Waals surface area contributed by atoms with E-state index < -0.39 is 17.7 Å². The maximum atomic E-state index is 13.4. The molecule has 0 saturated heterocycles. The zero-order valence-electron chi connectivity index (χ0n) is 16.4. The van der Waals surface area contributed by atoms with Crippen LogP contribution in [0, 0.1) is 17.6 Å². The third-order valence-corrected chi connectivity index (χ3v) is 4.08. The summed E-state index contributed by atoms with van der Waals surface area (Å²) >= 11 is 0. The first-order valence-electron chi connectivity index (χ1n) is 9.45. The van der Waals surface area contributed by atoms with Crippen LogP contribution in [0.4, 0.5) is 8.78 Å². The second kappa shape index (κ2) is 12.2. The molecule has 0 spiro atoms. The normalized spacial score (nSPS) is 12.4. The summed E-state index contributed by atoms with van der Waals surface area (Å²) in [5.74, 6) is -1.45. The van der Waals surface area contributed by atoms with Crippen LogP contribution in [0.15, 0.2) is 30.4 Å². The van der Waals surface area contributed by atoms with Gasteiger partial charge in [-0.25, -0.2) is 8.78 Å². The molecule has 1 aromatic carbocycles. The van der Waals surface area contributed by atoms with Crippen LogP contribution in [0.5, 0.6) is 0 Å². The van der Waals surface area contributed by atoms with Gasteiger partial charge in [-0.2, -0.15) is 0 Å². The Labute approximate surface area is 160 Å². The van der Waals surface area contributed by atoms with Crippen LogP contribution in [-0.2, 0) is 16.0 Å². The van der Waals surface area contributed by atoms with Crippen molar-refractivity contribution in [1.29, 1.82) is 0 Å². The summed E-state index contributed by atoms with van der Waals surface area (Å²) in [6.45, 7) is 6.41. The highest BCUT2D eigenvalue weighted by molar-refractivity contribution is 5.87. The third kappa shape index (κ3) is 9.87. The van der Waals surface area contributed by atoms with Gasteiger partial charge in [0.15, 0.2) is 0 Å². The molecule has 4 nitrogen and oxygen atoms in total. The predicted molar refractivity (Wildman–Crippen MR) is 103 cm³/mol. The summed E-state index contributed by atoms with van der Waals surface area (Å²) in [4.78, 5) is 24.6. The fourth-order valence-electron chi connectivity index (χ4n) is 2.68. The number of amides is 2. The summed E-state index contributed by atoms with van der Waals surface area (Å²) in [7, 11) is 0. The molecule has 0 aliphatic heterocycles. The van der Waals surface area contributed by atoms with Crippen LogP contribution in [0.3, 0.4) is 0 Å². The Morgan fingerprint density at radius 2 is 1.78 bits per heavy atom. The molecule has 0 aliphatic carbocycles. The molecule has 1 atom stereocenters. The topological polar surface area (TPSA) is 58.2 Å². The number of allylic oxidation sites excluding steroid dienone is 1. The quantitative estimate of drug-likeness (QED) is 0.452. The molecule has 0 radical (unpaired) electrons. The molecule has 27 heavy (non-hydrogen) atoms. The van der Waals surface area contributed by atoms with E-state index in [-0.39, 0.29) is 18.2 Å². The molecule has 1 aromatic rings. The molecule has 2 amide bonds. The van der Waals surface area contributed by atoms with Gasteiger partial charge < -0.3 is 10.6 Å². The van der Waals surface area contributed by atoms with Gasteiger partial charge in [-0.3, -0.25) is 9.59 Å². The highest BCUT2D eigenvalue weighted by Gasteiger charge is 2.21. The van der Waals surface area contributed by atoms with Crippen LogP contribution in [0.2, 0.25) is 0 Å². The SMILES string of the molecule is C/C=C/CNC(=O)[C@H](Cc1cc(F)cc(F)c1)NC(=O)CCCCC(C)C. The molecule has 0 aromatic heterocycles. The first-order chi connectivity index (χ1) is 12.8. The second-order valence-electron chi connectivity index (χ2n) is 7.06. The number of rotatable bonds is 11. The Bertz CT molecular complexity index is 625. The van der Waals surface area contributed by atoms with Gasteiger partial charge in [0.1, 0.15) is 17.7 Å². The van der Waals surface area contributed by atoms with Crippen molar-refractivity contribution in [3.8, 4) is 0 Å². The first kappa shape index (κ1) is 22.8. The summed E-state index contributed by atoms with van der Waals surface area (Å²) in [6.07, 6.45) is 6.64. The van der Waals surface area contributed by atoms with E-state index in [9.17, 15) is 18.4 Å². The van der Waals surface area contributed by atoms with Gasteiger partial charge in [0.25, 0.3) is 0 Å². The van der Waals surface area contributed by atoms with Crippen molar-refractivity contribution in [2.75, 3.05) is 6.54 Å². The van der Waals surface area contributed by atoms with Crippen LogP contribution in [0.1, 0.15) is 52.0 Å². The van der Waals surface area contributed by atoms with Gasteiger partial charge in [0, 0.05) is 25.5 Å². The van der Waals surface area contributed by atoms with Gasteiger partial charge in [-0.15, -0.1) is 0 Å². The minimum Gasteiger partial charge on any atom is -0.351 e. The number of benzene rings is 1. The van der Waals surface area contributed by atoms with Crippen molar-refractivity contribution in [3.05, 3.63) is 47.5 Å². The predicted octanol–water partition coefficient (Wildman–Crippen LogP) is 3.90. The molecular formula is C21H30F2N2O2. The van der Waals surface area contributed by atoms with E-state index >= 15 is 0 Å². The highest BCUT2D eigenvalue weighted by atomic mass is 19.1. The molecule has 150 valence electrons.